The van der Waals surface area contributed by atoms with Crippen molar-refractivity contribution in [3.8, 4) is 50.5 Å². The molecule has 3 aromatic heterocycles. The third-order valence-electron chi connectivity index (χ3n) is 8.78. The molecule has 0 aliphatic carbocycles. The summed E-state index contributed by atoms with van der Waals surface area (Å²) >= 11 is 0. The number of rotatable bonds is 7. The Kier molecular flexibility index (Phi) is 9.57. The van der Waals surface area contributed by atoms with E-state index in [4.69, 9.17) is 9.97 Å². The zero-order valence-electron chi connectivity index (χ0n) is 28.1. The van der Waals surface area contributed by atoms with Gasteiger partial charge in [-0.2, -0.15) is 0 Å². The van der Waals surface area contributed by atoms with Crippen LogP contribution in [0.1, 0.15) is 11.4 Å². The van der Waals surface area contributed by atoms with E-state index in [1.54, 1.807) is 6.07 Å². The third-order valence-corrected chi connectivity index (χ3v) is 8.78. The predicted molar refractivity (Wildman–Crippen MR) is 204 cm³/mol. The Morgan fingerprint density at radius 1 is 0.569 bits per heavy atom. The summed E-state index contributed by atoms with van der Waals surface area (Å²) in [7, 11) is 0. The molecule has 6 heteroatoms. The van der Waals surface area contributed by atoms with Crippen LogP contribution in [0.5, 0.6) is 5.75 Å². The van der Waals surface area contributed by atoms with Crippen LogP contribution in [-0.2, 0) is 21.1 Å². The van der Waals surface area contributed by atoms with E-state index in [1.807, 2.05) is 68.6 Å². The fourth-order valence-electron chi connectivity index (χ4n) is 6.54. The number of aromatic nitrogens is 3. The number of hydrogen-bond donors (Lipinski definition) is 1. The van der Waals surface area contributed by atoms with E-state index in [0.717, 1.165) is 72.9 Å². The van der Waals surface area contributed by atoms with Crippen molar-refractivity contribution in [2.24, 2.45) is 0 Å². The van der Waals surface area contributed by atoms with Crippen LogP contribution < -0.4 is 4.90 Å². The zero-order chi connectivity index (χ0) is 34.0. The summed E-state index contributed by atoms with van der Waals surface area (Å²) in [6.45, 7) is 4.01. The van der Waals surface area contributed by atoms with Crippen LogP contribution in [0.3, 0.4) is 0 Å². The number of phenols is 1. The molecule has 0 aliphatic rings. The second-order valence-electron chi connectivity index (χ2n) is 12.3. The Morgan fingerprint density at radius 3 is 2.02 bits per heavy atom. The van der Waals surface area contributed by atoms with Gasteiger partial charge >= 0.3 is 0 Å². The summed E-state index contributed by atoms with van der Waals surface area (Å²) in [5.41, 5.74) is 10.6. The van der Waals surface area contributed by atoms with Crippen LogP contribution in [-0.4, -0.2) is 20.1 Å². The molecule has 250 valence electrons. The number of benzene rings is 5. The molecule has 0 unspecified atom stereocenters. The van der Waals surface area contributed by atoms with E-state index in [0.29, 0.717) is 11.3 Å². The van der Waals surface area contributed by atoms with Gasteiger partial charge < -0.3 is 10.0 Å². The van der Waals surface area contributed by atoms with Gasteiger partial charge in [0.1, 0.15) is 11.6 Å². The average Bonchev–Trinajstić information content (AvgIpc) is 3.15. The maximum Gasteiger partial charge on any atom is 0.136 e. The molecule has 8 aromatic rings. The first-order valence-electron chi connectivity index (χ1n) is 16.6. The van der Waals surface area contributed by atoms with Crippen LogP contribution in [0, 0.1) is 19.9 Å². The van der Waals surface area contributed by atoms with Gasteiger partial charge in [0, 0.05) is 49.6 Å². The molecule has 0 aliphatic heterocycles. The smallest absolute Gasteiger partial charge is 0.136 e. The molecule has 0 saturated carbocycles. The maximum absolute atomic E-state index is 11.0. The molecule has 0 spiro atoms. The van der Waals surface area contributed by atoms with Crippen molar-refractivity contribution in [3.63, 3.8) is 0 Å². The van der Waals surface area contributed by atoms with E-state index < -0.39 is 0 Å². The number of aryl methyl sites for hydroxylation is 2. The van der Waals surface area contributed by atoms with Gasteiger partial charge in [0.2, 0.25) is 0 Å². The molecule has 0 fully saturated rings. The maximum atomic E-state index is 11.0. The first-order valence-corrected chi connectivity index (χ1v) is 16.6. The number of fused-ring (bicyclic) bond motifs is 1. The molecule has 1 N–H and O–H groups in total. The summed E-state index contributed by atoms with van der Waals surface area (Å²) in [6, 6.07) is 54.8. The van der Waals surface area contributed by atoms with Gasteiger partial charge in [-0.3, -0.25) is 9.97 Å². The van der Waals surface area contributed by atoms with E-state index in [-0.39, 0.29) is 26.8 Å². The molecule has 51 heavy (non-hydrogen) atoms. The monoisotopic (exact) mass is 840 g/mol. The zero-order valence-corrected chi connectivity index (χ0v) is 30.3. The van der Waals surface area contributed by atoms with Crippen molar-refractivity contribution >= 4 is 28.0 Å². The summed E-state index contributed by atoms with van der Waals surface area (Å²) in [4.78, 5) is 16.8. The number of aromatic hydroxyl groups is 1. The number of para-hydroxylation sites is 1. The van der Waals surface area contributed by atoms with Gasteiger partial charge in [0.25, 0.3) is 0 Å². The summed E-state index contributed by atoms with van der Waals surface area (Å²) < 4.78 is 0. The fourth-order valence-corrected chi connectivity index (χ4v) is 6.54. The van der Waals surface area contributed by atoms with Crippen molar-refractivity contribution in [1.29, 1.82) is 0 Å². The first kappa shape index (κ1) is 33.6. The van der Waals surface area contributed by atoms with Crippen molar-refractivity contribution in [3.05, 3.63) is 175 Å². The molecule has 5 aromatic carbocycles. The Hall–Kier alpha value is -5.90. The molecule has 8 rings (SSSR count). The minimum absolute atomic E-state index is 0. The van der Waals surface area contributed by atoms with Gasteiger partial charge in [0.15, 0.2) is 0 Å². The molecule has 0 bridgehead atoms. The van der Waals surface area contributed by atoms with Crippen molar-refractivity contribution < 1.29 is 26.2 Å². The van der Waals surface area contributed by atoms with Crippen LogP contribution in [0.25, 0.3) is 55.5 Å². The molecule has 0 amide bonds. The van der Waals surface area contributed by atoms with Crippen LogP contribution in [0.15, 0.2) is 158 Å². The molecule has 0 atom stereocenters. The topological polar surface area (TPSA) is 62.1 Å². The Labute approximate surface area is 312 Å². The second-order valence-corrected chi connectivity index (χ2v) is 12.3. The third kappa shape index (κ3) is 6.94. The van der Waals surface area contributed by atoms with E-state index in [9.17, 15) is 5.11 Å². The van der Waals surface area contributed by atoms with Crippen LogP contribution >= 0.6 is 0 Å². The average molecular weight is 841 g/mol. The number of hydrogen-bond acceptors (Lipinski definition) is 5. The molecule has 0 radical (unpaired) electrons. The first-order chi connectivity index (χ1) is 24.5. The minimum atomic E-state index is 0. The molecular formula is C45H33N4OPt-. The SMILES string of the molecule is Cc1cc(-c2cc(-c3[c-]c(N(c4ccccn4)c4cccc5ccccc45)cc(-c4ccccc4)c3)nc(-c3ccccc3O)c2)cc(C)n1.[Pt]. The van der Waals surface area contributed by atoms with Gasteiger partial charge in [-0.25, -0.2) is 4.98 Å². The Balaban J connectivity index is 0.00000406. The summed E-state index contributed by atoms with van der Waals surface area (Å²) in [5, 5.41) is 13.2. The van der Waals surface area contributed by atoms with Gasteiger partial charge in [0.05, 0.1) is 11.4 Å². The van der Waals surface area contributed by atoms with Crippen LogP contribution in [0.2, 0.25) is 0 Å². The Morgan fingerprint density at radius 2 is 1.24 bits per heavy atom. The number of nitrogens with zero attached hydrogens (tertiary/aromatic N) is 4. The van der Waals surface area contributed by atoms with Crippen molar-refractivity contribution in [2.45, 2.75) is 13.8 Å². The normalized spacial score (nSPS) is 10.9. The standard InChI is InChI=1S/C45H33N4O.Pt/c1-30-23-34(24-31(2)47-30)36-28-41(48-42(29-36)40-18-8-9-20-44(40)50)37-25-35(32-13-4-3-5-14-32)26-38(27-37)49(45-21-10-11-22-46-45)43-19-12-16-33-15-6-7-17-39(33)43;/h3-26,28-29,50H,1-2H3;/q-1;. The van der Waals surface area contributed by atoms with Gasteiger partial charge in [-0.15, -0.1) is 23.8 Å². The van der Waals surface area contributed by atoms with Crippen LogP contribution in [0.4, 0.5) is 17.2 Å². The number of anilines is 3. The molecular weight excluding hydrogens is 808 g/mol. The minimum Gasteiger partial charge on any atom is -0.507 e. The largest absolute Gasteiger partial charge is 0.507 e. The second kappa shape index (κ2) is 14.5. The van der Waals surface area contributed by atoms with Gasteiger partial charge in [-0.05, 0) is 95.8 Å². The molecule has 5 nitrogen and oxygen atoms in total. The molecule has 3 heterocycles. The summed E-state index contributed by atoms with van der Waals surface area (Å²) in [5.74, 6) is 0.945. The van der Waals surface area contributed by atoms with E-state index in [2.05, 4.69) is 113 Å². The fraction of sp³-hybridized carbons (Fsp3) is 0.0444. The van der Waals surface area contributed by atoms with Gasteiger partial charge in [-0.1, -0.05) is 96.6 Å². The molecule has 0 saturated heterocycles. The van der Waals surface area contributed by atoms with E-state index in [1.165, 1.54) is 0 Å². The quantitative estimate of drug-likeness (QED) is 0.162. The van der Waals surface area contributed by atoms with Crippen molar-refractivity contribution in [2.75, 3.05) is 4.90 Å². The predicted octanol–water partition coefficient (Wildman–Crippen LogP) is 11.3. The van der Waals surface area contributed by atoms with Crippen molar-refractivity contribution in [1.82, 2.24) is 15.0 Å². The number of phenolic OH excluding ortho intramolecular Hbond substituents is 1. The number of pyridine rings is 3. The Bertz CT molecular complexity index is 2460. The van der Waals surface area contributed by atoms with E-state index >= 15 is 0 Å². The summed E-state index contributed by atoms with van der Waals surface area (Å²) in [6.07, 6.45) is 1.82.